The summed E-state index contributed by atoms with van der Waals surface area (Å²) in [4.78, 5) is 24.0. The highest BCUT2D eigenvalue weighted by Crippen LogP contribution is 2.21. The van der Waals surface area contributed by atoms with Gasteiger partial charge in [0.05, 0.1) is 7.11 Å². The van der Waals surface area contributed by atoms with Crippen molar-refractivity contribution in [2.45, 2.75) is 39.2 Å². The summed E-state index contributed by atoms with van der Waals surface area (Å²) < 4.78 is 4.81. The van der Waals surface area contributed by atoms with Gasteiger partial charge in [-0.3, -0.25) is 4.79 Å². The first-order valence-electron chi connectivity index (χ1n) is 6.61. The van der Waals surface area contributed by atoms with Gasteiger partial charge in [-0.15, -0.1) is 12.4 Å². The van der Waals surface area contributed by atoms with Gasteiger partial charge in [0, 0.05) is 5.92 Å². The standard InChI is InChI=1S/C13H24N2O3.ClH/c1-5-13(6-2,12(17)18-4)15-11(16)9(3)10-7-14-8-10;/h9-10,14H,5-8H2,1-4H3,(H,15,16);1H. The second-order valence-electron chi connectivity index (χ2n) is 4.98. The Kier molecular flexibility index (Phi) is 7.37. The molecule has 0 radical (unpaired) electrons. The quantitative estimate of drug-likeness (QED) is 0.720. The maximum absolute atomic E-state index is 12.2. The molecule has 1 aliphatic heterocycles. The molecule has 1 rings (SSSR count). The lowest BCUT2D eigenvalue weighted by atomic mass is 9.86. The molecule has 1 amide bonds. The van der Waals surface area contributed by atoms with Crippen LogP contribution in [-0.4, -0.2) is 37.6 Å². The molecule has 0 bridgehead atoms. The highest BCUT2D eigenvalue weighted by Gasteiger charge is 2.40. The van der Waals surface area contributed by atoms with Crippen LogP contribution in [0.15, 0.2) is 0 Å². The van der Waals surface area contributed by atoms with Crippen molar-refractivity contribution in [2.75, 3.05) is 20.2 Å². The summed E-state index contributed by atoms with van der Waals surface area (Å²) in [6.45, 7) is 7.43. The lowest BCUT2D eigenvalue weighted by Crippen LogP contribution is -2.58. The average Bonchev–Trinajstić information content (AvgIpc) is 2.32. The van der Waals surface area contributed by atoms with E-state index < -0.39 is 5.54 Å². The number of ether oxygens (including phenoxy) is 1. The van der Waals surface area contributed by atoms with Crippen LogP contribution in [0.2, 0.25) is 0 Å². The van der Waals surface area contributed by atoms with Crippen LogP contribution >= 0.6 is 12.4 Å². The molecule has 112 valence electrons. The number of amides is 1. The van der Waals surface area contributed by atoms with E-state index >= 15 is 0 Å². The van der Waals surface area contributed by atoms with Crippen LogP contribution in [0, 0.1) is 11.8 Å². The molecule has 5 nitrogen and oxygen atoms in total. The number of carbonyl (C=O) groups is 2. The van der Waals surface area contributed by atoms with Gasteiger partial charge in [0.2, 0.25) is 5.91 Å². The molecule has 2 N–H and O–H groups in total. The maximum Gasteiger partial charge on any atom is 0.331 e. The normalized spacial score (nSPS) is 16.8. The number of rotatable bonds is 6. The summed E-state index contributed by atoms with van der Waals surface area (Å²) in [6.07, 6.45) is 1.08. The van der Waals surface area contributed by atoms with Gasteiger partial charge in [-0.25, -0.2) is 4.79 Å². The molecule has 1 unspecified atom stereocenters. The molecule has 0 spiro atoms. The molecule has 0 aromatic rings. The molecule has 1 atom stereocenters. The van der Waals surface area contributed by atoms with Crippen molar-refractivity contribution >= 4 is 24.3 Å². The molecule has 6 heteroatoms. The third kappa shape index (κ3) is 3.83. The predicted octanol–water partition coefficient (Wildman–Crippen LogP) is 1.11. The van der Waals surface area contributed by atoms with Gasteiger partial charge in [0.1, 0.15) is 5.54 Å². The van der Waals surface area contributed by atoms with E-state index in [9.17, 15) is 9.59 Å². The summed E-state index contributed by atoms with van der Waals surface area (Å²) in [6, 6.07) is 0. The van der Waals surface area contributed by atoms with Crippen molar-refractivity contribution in [3.63, 3.8) is 0 Å². The van der Waals surface area contributed by atoms with Crippen molar-refractivity contribution in [1.82, 2.24) is 10.6 Å². The summed E-state index contributed by atoms with van der Waals surface area (Å²) in [5.41, 5.74) is -0.878. The topological polar surface area (TPSA) is 67.4 Å². The van der Waals surface area contributed by atoms with E-state index in [4.69, 9.17) is 4.74 Å². The smallest absolute Gasteiger partial charge is 0.331 e. The first kappa shape index (κ1) is 18.2. The Morgan fingerprint density at radius 2 is 1.89 bits per heavy atom. The predicted molar refractivity (Wildman–Crippen MR) is 76.2 cm³/mol. The van der Waals surface area contributed by atoms with Crippen LogP contribution < -0.4 is 10.6 Å². The lowest BCUT2D eigenvalue weighted by Gasteiger charge is -2.35. The minimum atomic E-state index is -0.878. The van der Waals surface area contributed by atoms with E-state index in [0.717, 1.165) is 13.1 Å². The van der Waals surface area contributed by atoms with Gasteiger partial charge >= 0.3 is 5.97 Å². The van der Waals surface area contributed by atoms with Gasteiger partial charge in [0.25, 0.3) is 0 Å². The zero-order valence-electron chi connectivity index (χ0n) is 12.1. The van der Waals surface area contributed by atoms with Crippen LogP contribution in [-0.2, 0) is 14.3 Å². The second-order valence-corrected chi connectivity index (χ2v) is 4.98. The molecule has 0 aromatic carbocycles. The molecule has 0 aliphatic carbocycles. The minimum Gasteiger partial charge on any atom is -0.467 e. The lowest BCUT2D eigenvalue weighted by molar-refractivity contribution is -0.152. The third-order valence-electron chi connectivity index (χ3n) is 4.08. The Morgan fingerprint density at radius 1 is 1.37 bits per heavy atom. The second kappa shape index (κ2) is 7.70. The number of halogens is 1. The minimum absolute atomic E-state index is 0. The Bertz CT molecular complexity index is 315. The van der Waals surface area contributed by atoms with Gasteiger partial charge in [0.15, 0.2) is 0 Å². The summed E-state index contributed by atoms with van der Waals surface area (Å²) in [7, 11) is 1.35. The Hall–Kier alpha value is -0.810. The number of hydrogen-bond acceptors (Lipinski definition) is 4. The van der Waals surface area contributed by atoms with Gasteiger partial charge in [-0.1, -0.05) is 20.8 Å². The Morgan fingerprint density at radius 3 is 2.21 bits per heavy atom. The van der Waals surface area contributed by atoms with Crippen molar-refractivity contribution in [3.8, 4) is 0 Å². The first-order valence-corrected chi connectivity index (χ1v) is 6.61. The van der Waals surface area contributed by atoms with Crippen LogP contribution in [0.25, 0.3) is 0 Å². The number of nitrogens with one attached hydrogen (secondary N) is 2. The van der Waals surface area contributed by atoms with Crippen molar-refractivity contribution in [2.24, 2.45) is 11.8 Å². The fraction of sp³-hybridized carbons (Fsp3) is 0.846. The van der Waals surface area contributed by atoms with Crippen molar-refractivity contribution in [1.29, 1.82) is 0 Å². The number of hydrogen-bond donors (Lipinski definition) is 2. The molecular formula is C13H25ClN2O3. The van der Waals surface area contributed by atoms with E-state index in [1.165, 1.54) is 7.11 Å². The molecule has 0 saturated carbocycles. The third-order valence-corrected chi connectivity index (χ3v) is 4.08. The number of methoxy groups -OCH3 is 1. The van der Waals surface area contributed by atoms with E-state index in [2.05, 4.69) is 10.6 Å². The van der Waals surface area contributed by atoms with E-state index in [1.807, 2.05) is 20.8 Å². The molecule has 1 fully saturated rings. The van der Waals surface area contributed by atoms with Gasteiger partial charge in [-0.05, 0) is 31.8 Å². The zero-order valence-corrected chi connectivity index (χ0v) is 12.9. The molecule has 1 aliphatic rings. The summed E-state index contributed by atoms with van der Waals surface area (Å²) >= 11 is 0. The van der Waals surface area contributed by atoms with E-state index in [-0.39, 0.29) is 30.2 Å². The summed E-state index contributed by atoms with van der Waals surface area (Å²) in [5, 5.41) is 6.04. The van der Waals surface area contributed by atoms with Gasteiger partial charge < -0.3 is 15.4 Å². The van der Waals surface area contributed by atoms with Crippen molar-refractivity contribution in [3.05, 3.63) is 0 Å². The highest BCUT2D eigenvalue weighted by atomic mass is 35.5. The Labute approximate surface area is 121 Å². The molecule has 1 saturated heterocycles. The van der Waals surface area contributed by atoms with Crippen LogP contribution in [0.5, 0.6) is 0 Å². The molecule has 0 aromatic heterocycles. The molecular weight excluding hydrogens is 268 g/mol. The van der Waals surface area contributed by atoms with E-state index in [0.29, 0.717) is 18.8 Å². The zero-order chi connectivity index (χ0) is 13.8. The SMILES string of the molecule is CCC(CC)(NC(=O)C(C)C1CNC1)C(=O)OC.Cl. The molecule has 19 heavy (non-hydrogen) atoms. The maximum atomic E-state index is 12.2. The largest absolute Gasteiger partial charge is 0.467 e. The number of esters is 1. The first-order chi connectivity index (χ1) is 8.50. The van der Waals surface area contributed by atoms with Crippen molar-refractivity contribution < 1.29 is 14.3 Å². The summed E-state index contributed by atoms with van der Waals surface area (Å²) in [5.74, 6) is -0.127. The number of carbonyl (C=O) groups excluding carboxylic acids is 2. The Balaban J connectivity index is 0.00000324. The fourth-order valence-electron chi connectivity index (χ4n) is 2.19. The van der Waals surface area contributed by atoms with E-state index in [1.54, 1.807) is 0 Å². The monoisotopic (exact) mass is 292 g/mol. The molecule has 1 heterocycles. The van der Waals surface area contributed by atoms with Gasteiger partial charge in [-0.2, -0.15) is 0 Å². The van der Waals surface area contributed by atoms with Crippen LogP contribution in [0.1, 0.15) is 33.6 Å². The van der Waals surface area contributed by atoms with Crippen LogP contribution in [0.3, 0.4) is 0 Å². The highest BCUT2D eigenvalue weighted by molar-refractivity contribution is 5.89. The fourth-order valence-corrected chi connectivity index (χ4v) is 2.19. The van der Waals surface area contributed by atoms with Crippen LogP contribution in [0.4, 0.5) is 0 Å². The average molecular weight is 293 g/mol.